The van der Waals surface area contributed by atoms with Gasteiger partial charge in [0.15, 0.2) is 0 Å². The zero-order valence-corrected chi connectivity index (χ0v) is 17.0. The van der Waals surface area contributed by atoms with Crippen molar-refractivity contribution in [3.63, 3.8) is 0 Å². The summed E-state index contributed by atoms with van der Waals surface area (Å²) in [5.74, 6) is 0. The van der Waals surface area contributed by atoms with Crippen molar-refractivity contribution < 1.29 is 0 Å². The van der Waals surface area contributed by atoms with Gasteiger partial charge in [0.05, 0.1) is 0 Å². The zero-order valence-electron chi connectivity index (χ0n) is 17.0. The number of aromatic nitrogens is 1. The summed E-state index contributed by atoms with van der Waals surface area (Å²) in [7, 11) is 0. The number of aromatic amines is 1. The summed E-state index contributed by atoms with van der Waals surface area (Å²) in [5.41, 5.74) is 9.78. The number of H-pyrrole nitrogens is 1. The van der Waals surface area contributed by atoms with Gasteiger partial charge in [-0.05, 0) is 57.6 Å². The van der Waals surface area contributed by atoms with Crippen LogP contribution in [-0.2, 0) is 0 Å². The largest absolute Gasteiger partial charge is 0.355 e. The fourth-order valence-corrected chi connectivity index (χ4v) is 4.37. The lowest BCUT2D eigenvalue weighted by atomic mass is 9.98. The molecule has 1 aromatic heterocycles. The van der Waals surface area contributed by atoms with E-state index in [0.29, 0.717) is 0 Å². The van der Waals surface area contributed by atoms with E-state index in [9.17, 15) is 0 Å². The van der Waals surface area contributed by atoms with Gasteiger partial charge < -0.3 is 4.98 Å². The Kier molecular flexibility index (Phi) is 4.18. The normalized spacial score (nSPS) is 11.2. The Bertz CT molecular complexity index is 1490. The molecule has 1 heterocycles. The Labute approximate surface area is 181 Å². The molecule has 31 heavy (non-hydrogen) atoms. The van der Waals surface area contributed by atoms with Gasteiger partial charge in [-0.3, -0.25) is 0 Å². The van der Waals surface area contributed by atoms with Crippen molar-refractivity contribution in [3.8, 4) is 33.4 Å². The molecule has 1 nitrogen and oxygen atoms in total. The molecule has 0 saturated heterocycles. The van der Waals surface area contributed by atoms with Crippen molar-refractivity contribution in [2.75, 3.05) is 0 Å². The van der Waals surface area contributed by atoms with Gasteiger partial charge in [-0.1, -0.05) is 97.1 Å². The highest BCUT2D eigenvalue weighted by Gasteiger charge is 2.08. The number of hydrogen-bond donors (Lipinski definition) is 1. The Morgan fingerprint density at radius 2 is 0.677 bits per heavy atom. The van der Waals surface area contributed by atoms with Crippen LogP contribution in [0.1, 0.15) is 0 Å². The number of fused-ring (bicyclic) bond motifs is 3. The highest BCUT2D eigenvalue weighted by atomic mass is 14.7. The van der Waals surface area contributed by atoms with E-state index in [2.05, 4.69) is 126 Å². The Morgan fingerprint density at radius 3 is 1.16 bits per heavy atom. The van der Waals surface area contributed by atoms with Crippen LogP contribution in [-0.4, -0.2) is 4.98 Å². The minimum atomic E-state index is 1.17. The minimum absolute atomic E-state index is 1.17. The van der Waals surface area contributed by atoms with E-state index in [0.717, 1.165) is 0 Å². The molecule has 6 rings (SSSR count). The molecule has 0 unspecified atom stereocenters. The fraction of sp³-hybridized carbons (Fsp3) is 0. The number of nitrogens with one attached hydrogen (secondary N) is 1. The number of benzene rings is 5. The van der Waals surface area contributed by atoms with Crippen LogP contribution in [0.3, 0.4) is 0 Å². The predicted molar refractivity (Wildman–Crippen MR) is 132 cm³/mol. The molecular formula is C30H21N. The molecule has 5 aromatic carbocycles. The molecule has 6 aromatic rings. The maximum atomic E-state index is 3.57. The first-order chi connectivity index (χ1) is 15.3. The van der Waals surface area contributed by atoms with Crippen molar-refractivity contribution in [2.45, 2.75) is 0 Å². The lowest BCUT2D eigenvalue weighted by Gasteiger charge is -2.06. The molecule has 0 aliphatic carbocycles. The predicted octanol–water partition coefficient (Wildman–Crippen LogP) is 8.32. The Balaban J connectivity index is 1.44. The third-order valence-corrected chi connectivity index (χ3v) is 6.03. The summed E-state index contributed by atoms with van der Waals surface area (Å²) in [4.78, 5) is 3.57. The fourth-order valence-electron chi connectivity index (χ4n) is 4.37. The average molecular weight is 396 g/mol. The van der Waals surface area contributed by atoms with E-state index >= 15 is 0 Å². The molecule has 0 aliphatic rings. The maximum absolute atomic E-state index is 3.57. The first-order valence-corrected chi connectivity index (χ1v) is 10.6. The smallest absolute Gasteiger partial charge is 0.0465 e. The Morgan fingerprint density at radius 1 is 0.323 bits per heavy atom. The van der Waals surface area contributed by atoms with Crippen LogP contribution in [0.4, 0.5) is 0 Å². The molecule has 0 amide bonds. The molecule has 0 saturated carbocycles. The summed E-state index contributed by atoms with van der Waals surface area (Å²) < 4.78 is 0. The van der Waals surface area contributed by atoms with Crippen LogP contribution >= 0.6 is 0 Å². The highest BCUT2D eigenvalue weighted by molar-refractivity contribution is 6.09. The first-order valence-electron chi connectivity index (χ1n) is 10.6. The van der Waals surface area contributed by atoms with Gasteiger partial charge in [-0.2, -0.15) is 0 Å². The van der Waals surface area contributed by atoms with Crippen molar-refractivity contribution in [1.29, 1.82) is 0 Å². The monoisotopic (exact) mass is 395 g/mol. The van der Waals surface area contributed by atoms with Crippen molar-refractivity contribution >= 4 is 21.8 Å². The molecule has 0 aliphatic heterocycles. The van der Waals surface area contributed by atoms with Crippen LogP contribution in [0.25, 0.3) is 55.2 Å². The van der Waals surface area contributed by atoms with Gasteiger partial charge in [-0.15, -0.1) is 0 Å². The van der Waals surface area contributed by atoms with Crippen LogP contribution in [0.5, 0.6) is 0 Å². The van der Waals surface area contributed by atoms with Crippen molar-refractivity contribution in [3.05, 3.63) is 121 Å². The second kappa shape index (κ2) is 7.30. The van der Waals surface area contributed by atoms with Crippen molar-refractivity contribution in [2.24, 2.45) is 0 Å². The molecule has 0 bridgehead atoms. The third kappa shape index (κ3) is 3.21. The summed E-state index contributed by atoms with van der Waals surface area (Å²) in [6, 6.07) is 43.3. The number of rotatable bonds is 3. The summed E-state index contributed by atoms with van der Waals surface area (Å²) in [6.07, 6.45) is 0. The van der Waals surface area contributed by atoms with E-state index in [1.165, 1.54) is 55.2 Å². The molecule has 146 valence electrons. The van der Waals surface area contributed by atoms with Gasteiger partial charge in [0.2, 0.25) is 0 Å². The summed E-state index contributed by atoms with van der Waals surface area (Å²) in [5, 5.41) is 2.52. The minimum Gasteiger partial charge on any atom is -0.355 e. The molecule has 1 heteroatoms. The van der Waals surface area contributed by atoms with E-state index in [1.807, 2.05) is 0 Å². The highest BCUT2D eigenvalue weighted by Crippen LogP contribution is 2.33. The molecule has 1 N–H and O–H groups in total. The van der Waals surface area contributed by atoms with Gasteiger partial charge in [0, 0.05) is 21.8 Å². The third-order valence-electron chi connectivity index (χ3n) is 6.03. The van der Waals surface area contributed by atoms with Crippen LogP contribution in [0, 0.1) is 0 Å². The van der Waals surface area contributed by atoms with Crippen LogP contribution in [0.2, 0.25) is 0 Å². The van der Waals surface area contributed by atoms with E-state index < -0.39 is 0 Å². The van der Waals surface area contributed by atoms with E-state index in [-0.39, 0.29) is 0 Å². The molecule has 0 spiro atoms. The van der Waals surface area contributed by atoms with Gasteiger partial charge in [0.25, 0.3) is 0 Å². The molecular weight excluding hydrogens is 374 g/mol. The van der Waals surface area contributed by atoms with Gasteiger partial charge in [-0.25, -0.2) is 0 Å². The zero-order chi connectivity index (χ0) is 20.6. The molecule has 0 fully saturated rings. The lowest BCUT2D eigenvalue weighted by molar-refractivity contribution is 1.54. The van der Waals surface area contributed by atoms with Gasteiger partial charge >= 0.3 is 0 Å². The van der Waals surface area contributed by atoms with E-state index in [1.54, 1.807) is 0 Å². The van der Waals surface area contributed by atoms with Crippen LogP contribution < -0.4 is 0 Å². The standard InChI is InChI=1S/C30H21N/c1-3-7-21(8-4-1)23-11-13-24(14-12-23)26-16-18-30-28(20-26)27-19-25(15-17-29(27)31-30)22-9-5-2-6-10-22/h1-20,31H. The summed E-state index contributed by atoms with van der Waals surface area (Å²) >= 11 is 0. The second-order valence-corrected chi connectivity index (χ2v) is 7.96. The van der Waals surface area contributed by atoms with Crippen LogP contribution in [0.15, 0.2) is 121 Å². The molecule has 0 radical (unpaired) electrons. The second-order valence-electron chi connectivity index (χ2n) is 7.96. The Hall–Kier alpha value is -4.10. The lowest BCUT2D eigenvalue weighted by Crippen LogP contribution is -1.81. The SMILES string of the molecule is c1ccc(-c2ccc(-c3ccc4[nH]c5ccc(-c6ccccc6)cc5c4c3)cc2)cc1. The molecule has 0 atom stereocenters. The first kappa shape index (κ1) is 17.7. The van der Waals surface area contributed by atoms with E-state index in [4.69, 9.17) is 0 Å². The quantitative estimate of drug-likeness (QED) is 0.310. The van der Waals surface area contributed by atoms with Crippen molar-refractivity contribution in [1.82, 2.24) is 4.98 Å². The van der Waals surface area contributed by atoms with Gasteiger partial charge in [0.1, 0.15) is 0 Å². The topological polar surface area (TPSA) is 15.8 Å². The number of hydrogen-bond acceptors (Lipinski definition) is 0. The average Bonchev–Trinajstić information content (AvgIpc) is 3.22. The maximum Gasteiger partial charge on any atom is 0.0465 e. The summed E-state index contributed by atoms with van der Waals surface area (Å²) in [6.45, 7) is 0.